The van der Waals surface area contributed by atoms with Crippen molar-refractivity contribution in [2.75, 3.05) is 33.0 Å². The van der Waals surface area contributed by atoms with Crippen LogP contribution in [0.15, 0.2) is 54.6 Å². The summed E-state index contributed by atoms with van der Waals surface area (Å²) in [6, 6.07) is 15.8. The average molecular weight is 446 g/mol. The average Bonchev–Trinajstić information content (AvgIpc) is 2.66. The molecule has 0 saturated heterocycles. The molecular formula is C23H31N3O6. The summed E-state index contributed by atoms with van der Waals surface area (Å²) < 4.78 is 6.23. The zero-order valence-corrected chi connectivity index (χ0v) is 18.8. The number of hydrogen-bond acceptors (Lipinski definition) is 5. The van der Waals surface area contributed by atoms with Crippen LogP contribution in [0.2, 0.25) is 0 Å². The molecule has 0 spiro atoms. The van der Waals surface area contributed by atoms with Gasteiger partial charge in [0.2, 0.25) is 0 Å². The van der Waals surface area contributed by atoms with E-state index >= 15 is 0 Å². The topological polar surface area (TPSA) is 128 Å². The Morgan fingerprint density at radius 1 is 1.03 bits per heavy atom. The molecule has 0 aromatic heterocycles. The first-order valence-corrected chi connectivity index (χ1v) is 9.99. The van der Waals surface area contributed by atoms with Crippen LogP contribution in [0.25, 0.3) is 0 Å². The third kappa shape index (κ3) is 12.9. The van der Waals surface area contributed by atoms with Gasteiger partial charge in [0.1, 0.15) is 12.4 Å². The maximum atomic E-state index is 12.2. The van der Waals surface area contributed by atoms with Gasteiger partial charge in [-0.05, 0) is 29.8 Å². The summed E-state index contributed by atoms with van der Waals surface area (Å²) in [5.74, 6) is -1.34. The standard InChI is InChI=1S/C21H27N3O4.C2H4O2/c1-24(2,3)14-18(13-20(25)26)23-21(27)22-17-9-11-19(12-10-17)28-15-16-7-5-4-6-8-16;1-2(3)4/h4-12,18H,13-15H2,1-3H3,(H2-,22,23,25,26,27);1H3,(H,3,4). The van der Waals surface area contributed by atoms with E-state index in [2.05, 4.69) is 10.6 Å². The summed E-state index contributed by atoms with van der Waals surface area (Å²) in [6.07, 6.45) is -0.241. The molecule has 2 amide bonds. The van der Waals surface area contributed by atoms with Crippen molar-refractivity contribution in [2.24, 2.45) is 0 Å². The predicted octanol–water partition coefficient (Wildman–Crippen LogP) is 1.69. The lowest BCUT2D eigenvalue weighted by Crippen LogP contribution is -2.51. The van der Waals surface area contributed by atoms with Gasteiger partial charge in [-0.2, -0.15) is 0 Å². The Kier molecular flexibility index (Phi) is 10.7. The number of carboxylic acid groups (broad SMARTS) is 2. The highest BCUT2D eigenvalue weighted by molar-refractivity contribution is 5.89. The number of ether oxygens (including phenoxy) is 1. The van der Waals surface area contributed by atoms with Crippen molar-refractivity contribution in [2.45, 2.75) is 26.0 Å². The Morgan fingerprint density at radius 2 is 1.59 bits per heavy atom. The zero-order valence-electron chi connectivity index (χ0n) is 18.8. The van der Waals surface area contributed by atoms with Gasteiger partial charge in [-0.1, -0.05) is 30.3 Å². The van der Waals surface area contributed by atoms with E-state index in [4.69, 9.17) is 14.6 Å². The number of anilines is 1. The molecule has 1 unspecified atom stereocenters. The minimum atomic E-state index is -1.20. The summed E-state index contributed by atoms with van der Waals surface area (Å²) in [6.45, 7) is 2.01. The summed E-state index contributed by atoms with van der Waals surface area (Å²) >= 11 is 0. The maximum absolute atomic E-state index is 12.2. The molecule has 0 fully saturated rings. The molecule has 32 heavy (non-hydrogen) atoms. The molecule has 9 nitrogen and oxygen atoms in total. The second kappa shape index (κ2) is 13.0. The van der Waals surface area contributed by atoms with Gasteiger partial charge in [-0.25, -0.2) is 4.79 Å². The van der Waals surface area contributed by atoms with Gasteiger partial charge in [0.05, 0.1) is 33.7 Å². The van der Waals surface area contributed by atoms with E-state index in [9.17, 15) is 14.7 Å². The molecule has 0 heterocycles. The molecule has 0 aliphatic rings. The number of quaternary nitrogens is 1. The normalized spacial score (nSPS) is 11.4. The predicted molar refractivity (Wildman–Crippen MR) is 119 cm³/mol. The van der Waals surface area contributed by atoms with Gasteiger partial charge >= 0.3 is 6.03 Å². The first kappa shape index (κ1) is 26.4. The number of amides is 2. The smallest absolute Gasteiger partial charge is 0.319 e. The van der Waals surface area contributed by atoms with Crippen molar-refractivity contribution in [1.82, 2.24) is 5.32 Å². The van der Waals surface area contributed by atoms with Gasteiger partial charge in [-0.15, -0.1) is 0 Å². The lowest BCUT2D eigenvalue weighted by atomic mass is 10.2. The number of carbonyl (C=O) groups is 3. The molecule has 9 heteroatoms. The molecular weight excluding hydrogens is 414 g/mol. The first-order valence-electron chi connectivity index (χ1n) is 9.99. The molecule has 2 rings (SSSR count). The molecule has 2 aromatic carbocycles. The van der Waals surface area contributed by atoms with Crippen molar-refractivity contribution >= 4 is 23.7 Å². The van der Waals surface area contributed by atoms with Crippen molar-refractivity contribution in [3.8, 4) is 5.75 Å². The van der Waals surface area contributed by atoms with Crippen LogP contribution in [0.4, 0.5) is 10.5 Å². The zero-order chi connectivity index (χ0) is 24.1. The molecule has 2 aromatic rings. The van der Waals surface area contributed by atoms with Crippen LogP contribution in [0, 0.1) is 0 Å². The largest absolute Gasteiger partial charge is 0.550 e. The highest BCUT2D eigenvalue weighted by Crippen LogP contribution is 2.17. The van der Waals surface area contributed by atoms with Gasteiger partial charge in [0.25, 0.3) is 5.97 Å². The van der Waals surface area contributed by atoms with Crippen LogP contribution in [0.3, 0.4) is 0 Å². The minimum Gasteiger partial charge on any atom is -0.550 e. The van der Waals surface area contributed by atoms with Gasteiger partial charge in [-0.3, -0.25) is 4.79 Å². The van der Waals surface area contributed by atoms with Crippen LogP contribution < -0.4 is 20.5 Å². The van der Waals surface area contributed by atoms with Gasteiger partial charge < -0.3 is 34.9 Å². The van der Waals surface area contributed by atoms with Crippen LogP contribution in [-0.2, 0) is 16.2 Å². The summed E-state index contributed by atoms with van der Waals surface area (Å²) in [4.78, 5) is 32.1. The number of nitrogens with zero attached hydrogens (tertiary/aromatic N) is 1. The molecule has 0 aliphatic heterocycles. The first-order chi connectivity index (χ1) is 14.9. The Morgan fingerprint density at radius 3 is 2.09 bits per heavy atom. The van der Waals surface area contributed by atoms with E-state index in [-0.39, 0.29) is 6.42 Å². The van der Waals surface area contributed by atoms with E-state index in [1.807, 2.05) is 51.5 Å². The number of carbonyl (C=O) groups excluding carboxylic acids is 2. The number of benzene rings is 2. The van der Waals surface area contributed by atoms with Crippen LogP contribution >= 0.6 is 0 Å². The van der Waals surface area contributed by atoms with E-state index in [1.165, 1.54) is 0 Å². The quantitative estimate of drug-likeness (QED) is 0.504. The third-order valence-corrected chi connectivity index (χ3v) is 3.88. The van der Waals surface area contributed by atoms with E-state index in [1.54, 1.807) is 24.3 Å². The maximum Gasteiger partial charge on any atom is 0.319 e. The van der Waals surface area contributed by atoms with Crippen LogP contribution in [0.1, 0.15) is 18.9 Å². The molecule has 0 radical (unpaired) electrons. The number of hydrogen-bond donors (Lipinski definition) is 3. The van der Waals surface area contributed by atoms with Crippen LogP contribution in [0.5, 0.6) is 5.75 Å². The fourth-order valence-corrected chi connectivity index (χ4v) is 2.75. The van der Waals surface area contributed by atoms with Crippen LogP contribution in [-0.4, -0.2) is 61.3 Å². The number of aliphatic carboxylic acids is 2. The van der Waals surface area contributed by atoms with Gasteiger partial charge in [0, 0.05) is 25.0 Å². The second-order valence-corrected chi connectivity index (χ2v) is 8.16. The van der Waals surface area contributed by atoms with Crippen molar-refractivity contribution in [3.63, 3.8) is 0 Å². The van der Waals surface area contributed by atoms with E-state index in [0.717, 1.165) is 12.5 Å². The Labute approximate surface area is 188 Å². The fourth-order valence-electron chi connectivity index (χ4n) is 2.75. The number of likely N-dealkylation sites (N-methyl/N-ethyl adjacent to an activating group) is 1. The fraction of sp³-hybridized carbons (Fsp3) is 0.348. The minimum absolute atomic E-state index is 0.241. The van der Waals surface area contributed by atoms with Crippen molar-refractivity contribution < 1.29 is 33.8 Å². The van der Waals surface area contributed by atoms with Crippen molar-refractivity contribution in [3.05, 3.63) is 60.2 Å². The monoisotopic (exact) mass is 445 g/mol. The Balaban J connectivity index is 0.00000118. The second-order valence-electron chi connectivity index (χ2n) is 8.16. The molecule has 1 atom stereocenters. The highest BCUT2D eigenvalue weighted by Gasteiger charge is 2.20. The number of carboxylic acids is 2. The third-order valence-electron chi connectivity index (χ3n) is 3.88. The lowest BCUT2D eigenvalue weighted by molar-refractivity contribution is -0.871. The molecule has 0 bridgehead atoms. The summed E-state index contributed by atoms with van der Waals surface area (Å²) in [5.41, 5.74) is 1.65. The Hall–Kier alpha value is -3.59. The summed E-state index contributed by atoms with van der Waals surface area (Å²) in [7, 11) is 5.78. The SMILES string of the molecule is CC(=O)O.C[N+](C)(C)CC(CC(=O)[O-])NC(=O)Nc1ccc(OCc2ccccc2)cc1. The van der Waals surface area contributed by atoms with Crippen molar-refractivity contribution in [1.29, 1.82) is 0 Å². The lowest BCUT2D eigenvalue weighted by Gasteiger charge is -2.30. The van der Waals surface area contributed by atoms with E-state index in [0.29, 0.717) is 29.1 Å². The summed E-state index contributed by atoms with van der Waals surface area (Å²) in [5, 5.41) is 23.8. The molecule has 3 N–H and O–H groups in total. The highest BCUT2D eigenvalue weighted by atomic mass is 16.5. The molecule has 0 saturated carbocycles. The molecule has 0 aliphatic carbocycles. The molecule has 174 valence electrons. The Bertz CT molecular complexity index is 860. The number of urea groups is 1. The number of nitrogens with one attached hydrogen (secondary N) is 2. The van der Waals surface area contributed by atoms with Gasteiger partial charge in [0.15, 0.2) is 0 Å². The number of rotatable bonds is 9. The van der Waals surface area contributed by atoms with E-state index < -0.39 is 24.0 Å².